The van der Waals surface area contributed by atoms with E-state index in [-0.39, 0.29) is 17.3 Å². The van der Waals surface area contributed by atoms with Gasteiger partial charge in [0.25, 0.3) is 0 Å². The smallest absolute Gasteiger partial charge is 0.225 e. The van der Waals surface area contributed by atoms with Crippen LogP contribution in [0, 0.1) is 11.2 Å². The number of aromatic amines is 1. The quantitative estimate of drug-likeness (QED) is 0.105. The van der Waals surface area contributed by atoms with Crippen LogP contribution in [0.5, 0.6) is 0 Å². The molecule has 0 bridgehead atoms. The molecule has 4 aromatic rings. The summed E-state index contributed by atoms with van der Waals surface area (Å²) in [7, 11) is 1.85. The van der Waals surface area contributed by atoms with Crippen LogP contribution in [0.1, 0.15) is 43.0 Å². The van der Waals surface area contributed by atoms with Gasteiger partial charge < -0.3 is 30.3 Å². The minimum absolute atomic E-state index is 0.00158. The van der Waals surface area contributed by atoms with Gasteiger partial charge in [-0.15, -0.1) is 6.58 Å². The lowest BCUT2D eigenvalue weighted by atomic mass is 9.84. The van der Waals surface area contributed by atoms with E-state index in [1.165, 1.54) is 0 Å². The number of hydrogen-bond donors (Lipinski definition) is 3. The summed E-state index contributed by atoms with van der Waals surface area (Å²) in [6.45, 7) is 19.5. The second-order valence-electron chi connectivity index (χ2n) is 13.5. The number of aldehydes is 1. The summed E-state index contributed by atoms with van der Waals surface area (Å²) in [6.07, 6.45) is 13.3. The Hall–Kier alpha value is -5.19. The molecule has 10 nitrogen and oxygen atoms in total. The Labute approximate surface area is 287 Å². The number of allylic oxidation sites excluding steroid dienone is 2. The van der Waals surface area contributed by atoms with Gasteiger partial charge in [0.15, 0.2) is 6.29 Å². The summed E-state index contributed by atoms with van der Waals surface area (Å²) in [5.74, 6) is 0.474. The van der Waals surface area contributed by atoms with Gasteiger partial charge in [0.1, 0.15) is 11.5 Å². The Morgan fingerprint density at radius 3 is 2.51 bits per heavy atom. The maximum Gasteiger partial charge on any atom is 0.225 e. The third-order valence-corrected chi connectivity index (χ3v) is 9.89. The Morgan fingerprint density at radius 2 is 1.82 bits per heavy atom. The molecule has 49 heavy (non-hydrogen) atoms. The standard InChI is InChI=1S/C38H46FN9O/c1-6-7-8-34(27(3)40-5)45-31-9-10-35(33(39)18-31)48-12-11-38(4,25-48)19-26(2)46-13-15-47(16-14-46)37-43-21-29(22-44-37)28-17-32-30(24-49)23-42-36(32)41-20-28/h6,9-10,17-18,20-24,34,40,45H,1-3,7-8,11-16,19,25H2,4-5H3,(H,41,42). The zero-order chi connectivity index (χ0) is 34.5. The normalized spacial score (nSPS) is 18.4. The second kappa shape index (κ2) is 14.5. The summed E-state index contributed by atoms with van der Waals surface area (Å²) in [5.41, 5.74) is 6.33. The van der Waals surface area contributed by atoms with Gasteiger partial charge in [-0.05, 0) is 55.4 Å². The van der Waals surface area contributed by atoms with Crippen LogP contribution in [0.4, 0.5) is 21.7 Å². The third-order valence-electron chi connectivity index (χ3n) is 9.89. The van der Waals surface area contributed by atoms with Crippen LogP contribution < -0.4 is 20.4 Å². The molecule has 2 saturated heterocycles. The lowest BCUT2D eigenvalue weighted by Gasteiger charge is -2.39. The Morgan fingerprint density at radius 1 is 1.06 bits per heavy atom. The van der Waals surface area contributed by atoms with Crippen molar-refractivity contribution in [3.05, 3.63) is 97.6 Å². The van der Waals surface area contributed by atoms with Crippen molar-refractivity contribution in [3.8, 4) is 11.1 Å². The molecule has 11 heteroatoms. The molecule has 0 radical (unpaired) electrons. The van der Waals surface area contributed by atoms with E-state index in [0.717, 1.165) is 105 Å². The van der Waals surface area contributed by atoms with Crippen LogP contribution in [0.2, 0.25) is 0 Å². The number of rotatable bonds is 14. The van der Waals surface area contributed by atoms with Crippen LogP contribution in [0.25, 0.3) is 22.2 Å². The summed E-state index contributed by atoms with van der Waals surface area (Å²) >= 11 is 0. The molecule has 2 aliphatic heterocycles. The van der Waals surface area contributed by atoms with Crippen molar-refractivity contribution in [1.82, 2.24) is 30.2 Å². The first-order chi connectivity index (χ1) is 23.7. The van der Waals surface area contributed by atoms with Crippen molar-refractivity contribution in [3.63, 3.8) is 0 Å². The lowest BCUT2D eigenvalue weighted by molar-refractivity contribution is 0.112. The average molecular weight is 664 g/mol. The van der Waals surface area contributed by atoms with Gasteiger partial charge >= 0.3 is 0 Å². The molecule has 3 aromatic heterocycles. The largest absolute Gasteiger partial charge is 0.390 e. The monoisotopic (exact) mass is 663 g/mol. The molecule has 0 spiro atoms. The predicted molar refractivity (Wildman–Crippen MR) is 196 cm³/mol. The zero-order valence-corrected chi connectivity index (χ0v) is 28.5. The van der Waals surface area contributed by atoms with Gasteiger partial charge in [0.2, 0.25) is 5.95 Å². The highest BCUT2D eigenvalue weighted by Crippen LogP contribution is 2.40. The van der Waals surface area contributed by atoms with E-state index in [1.54, 1.807) is 18.5 Å². The number of pyridine rings is 1. The van der Waals surface area contributed by atoms with Crippen molar-refractivity contribution in [2.45, 2.75) is 38.6 Å². The van der Waals surface area contributed by atoms with E-state index in [9.17, 15) is 4.79 Å². The number of anilines is 3. The Balaban J connectivity index is 1.01. The molecule has 6 rings (SSSR count). The number of likely N-dealkylation sites (N-methyl/N-ethyl adjacent to an activating group) is 1. The van der Waals surface area contributed by atoms with Crippen molar-refractivity contribution in [2.24, 2.45) is 5.41 Å². The molecule has 0 saturated carbocycles. The number of nitrogens with zero attached hydrogens (tertiary/aromatic N) is 6. The zero-order valence-electron chi connectivity index (χ0n) is 28.5. The van der Waals surface area contributed by atoms with E-state index >= 15 is 4.39 Å². The average Bonchev–Trinajstić information content (AvgIpc) is 3.72. The van der Waals surface area contributed by atoms with Crippen LogP contribution >= 0.6 is 0 Å². The summed E-state index contributed by atoms with van der Waals surface area (Å²) in [5, 5.41) is 7.32. The molecule has 256 valence electrons. The number of aromatic nitrogens is 4. The fourth-order valence-electron chi connectivity index (χ4n) is 6.96. The Kier molecular flexibility index (Phi) is 9.98. The SMILES string of the molecule is C=CCCC(Nc1ccc(N2CCC(C)(CC(=C)N3CCN(c4ncc(-c5cnc6[nH]cc(C=O)c6c5)cn4)CC3)C2)c(F)c1)C(=C)NC. The van der Waals surface area contributed by atoms with Crippen molar-refractivity contribution >= 4 is 34.6 Å². The van der Waals surface area contributed by atoms with Gasteiger partial charge in [-0.3, -0.25) is 4.79 Å². The maximum absolute atomic E-state index is 15.5. The minimum Gasteiger partial charge on any atom is -0.390 e. The van der Waals surface area contributed by atoms with E-state index in [2.05, 4.69) is 71.9 Å². The first kappa shape index (κ1) is 33.7. The second-order valence-corrected chi connectivity index (χ2v) is 13.5. The van der Waals surface area contributed by atoms with Crippen molar-refractivity contribution < 1.29 is 9.18 Å². The number of benzene rings is 1. The predicted octanol–water partition coefficient (Wildman–Crippen LogP) is 6.39. The van der Waals surface area contributed by atoms with Gasteiger partial charge in [-0.1, -0.05) is 26.2 Å². The van der Waals surface area contributed by atoms with Gasteiger partial charge in [0, 0.05) is 110 Å². The van der Waals surface area contributed by atoms with Crippen LogP contribution in [-0.2, 0) is 0 Å². The fourth-order valence-corrected chi connectivity index (χ4v) is 6.96. The highest BCUT2D eigenvalue weighted by atomic mass is 19.1. The molecule has 3 N–H and O–H groups in total. The number of H-pyrrole nitrogens is 1. The molecule has 2 atom stereocenters. The van der Waals surface area contributed by atoms with Crippen molar-refractivity contribution in [2.75, 3.05) is 61.4 Å². The first-order valence-corrected chi connectivity index (χ1v) is 16.9. The maximum atomic E-state index is 15.5. The van der Waals surface area contributed by atoms with Gasteiger partial charge in [-0.25, -0.2) is 19.3 Å². The molecule has 0 amide bonds. The molecule has 1 aromatic carbocycles. The van der Waals surface area contributed by atoms with Crippen LogP contribution in [0.15, 0.2) is 86.3 Å². The first-order valence-electron chi connectivity index (χ1n) is 16.9. The van der Waals surface area contributed by atoms with Gasteiger partial charge in [-0.2, -0.15) is 0 Å². The Bertz CT molecular complexity index is 1830. The summed E-state index contributed by atoms with van der Waals surface area (Å²) in [4.78, 5) is 34.9. The van der Waals surface area contributed by atoms with E-state index in [4.69, 9.17) is 0 Å². The molecule has 2 unspecified atom stereocenters. The molecular weight excluding hydrogens is 617 g/mol. The number of nitrogens with one attached hydrogen (secondary N) is 3. The number of carbonyl (C=O) groups excluding carboxylic acids is 1. The summed E-state index contributed by atoms with van der Waals surface area (Å²) in [6, 6.07) is 7.36. The molecule has 5 heterocycles. The fraction of sp³-hybridized carbons (Fsp3) is 0.368. The van der Waals surface area contributed by atoms with Crippen LogP contribution in [-0.4, -0.2) is 83.5 Å². The molecule has 2 aliphatic rings. The lowest BCUT2D eigenvalue weighted by Crippen LogP contribution is -2.47. The number of hydrogen-bond acceptors (Lipinski definition) is 9. The van der Waals surface area contributed by atoms with Crippen molar-refractivity contribution in [1.29, 1.82) is 0 Å². The van der Waals surface area contributed by atoms with Crippen LogP contribution in [0.3, 0.4) is 0 Å². The number of fused-ring (bicyclic) bond motifs is 1. The number of halogens is 1. The van der Waals surface area contributed by atoms with E-state index < -0.39 is 0 Å². The molecule has 2 fully saturated rings. The van der Waals surface area contributed by atoms with E-state index in [0.29, 0.717) is 22.8 Å². The topological polar surface area (TPSA) is 105 Å². The minimum atomic E-state index is -0.220. The van der Waals surface area contributed by atoms with E-state index in [1.807, 2.05) is 43.7 Å². The highest BCUT2D eigenvalue weighted by molar-refractivity contribution is 5.97. The number of piperazine rings is 1. The molecular formula is C38H46FN9O. The highest BCUT2D eigenvalue weighted by Gasteiger charge is 2.36. The summed E-state index contributed by atoms with van der Waals surface area (Å²) < 4.78 is 15.5. The number of carbonyl (C=O) groups is 1. The molecule has 0 aliphatic carbocycles. The third kappa shape index (κ3) is 7.45. The van der Waals surface area contributed by atoms with Gasteiger partial charge in [0.05, 0.1) is 11.7 Å².